The summed E-state index contributed by atoms with van der Waals surface area (Å²) in [5.74, 6) is 1.82. The summed E-state index contributed by atoms with van der Waals surface area (Å²) in [6, 6.07) is 13.8. The van der Waals surface area contributed by atoms with Crippen molar-refractivity contribution in [2.24, 2.45) is 7.05 Å². The number of anilines is 1. The fourth-order valence-electron chi connectivity index (χ4n) is 4.17. The fraction of sp³-hybridized carbons (Fsp3) is 0.435. The van der Waals surface area contributed by atoms with Crippen LogP contribution < -0.4 is 10.2 Å². The Labute approximate surface area is 176 Å². The summed E-state index contributed by atoms with van der Waals surface area (Å²) in [6.45, 7) is 1.61. The van der Waals surface area contributed by atoms with E-state index in [-0.39, 0.29) is 12.5 Å². The van der Waals surface area contributed by atoms with Gasteiger partial charge in [-0.3, -0.25) is 4.79 Å². The third kappa shape index (κ3) is 4.62. The number of nitrogens with zero attached hydrogens (tertiary/aromatic N) is 4. The Balaban J connectivity index is 1.25. The van der Waals surface area contributed by atoms with E-state index in [0.29, 0.717) is 19.4 Å². The van der Waals surface area contributed by atoms with Gasteiger partial charge in [0.15, 0.2) is 0 Å². The molecule has 2 N–H and O–H groups in total. The van der Waals surface area contributed by atoms with Crippen LogP contribution in [0.5, 0.6) is 0 Å². The van der Waals surface area contributed by atoms with Crippen LogP contribution >= 0.6 is 0 Å². The van der Waals surface area contributed by atoms with Gasteiger partial charge < -0.3 is 19.9 Å². The molecule has 2 aromatic heterocycles. The summed E-state index contributed by atoms with van der Waals surface area (Å²) in [5.41, 5.74) is 1.16. The molecule has 7 nitrogen and oxygen atoms in total. The molecule has 0 bridgehead atoms. The molecule has 1 saturated heterocycles. The molecule has 0 radical (unpaired) electrons. The second kappa shape index (κ2) is 8.83. The van der Waals surface area contributed by atoms with E-state index in [4.69, 9.17) is 0 Å². The predicted molar refractivity (Wildman–Crippen MR) is 117 cm³/mol. The molecule has 0 aliphatic carbocycles. The Bertz CT molecular complexity index is 1000. The number of amides is 1. The highest BCUT2D eigenvalue weighted by Crippen LogP contribution is 2.24. The van der Waals surface area contributed by atoms with E-state index in [2.05, 4.69) is 30.8 Å². The van der Waals surface area contributed by atoms with Crippen LogP contribution in [0.3, 0.4) is 0 Å². The quantitative estimate of drug-likeness (QED) is 0.629. The zero-order chi connectivity index (χ0) is 21.0. The van der Waals surface area contributed by atoms with Crippen LogP contribution in [0.1, 0.15) is 31.5 Å². The maximum atomic E-state index is 12.4. The molecule has 3 heterocycles. The number of aryl methyl sites for hydroxylation is 2. The van der Waals surface area contributed by atoms with Gasteiger partial charge in [0, 0.05) is 45.7 Å². The van der Waals surface area contributed by atoms with Crippen molar-refractivity contribution in [3.63, 3.8) is 0 Å². The molecular weight excluding hydrogens is 378 g/mol. The van der Waals surface area contributed by atoms with Gasteiger partial charge in [-0.05, 0) is 43.5 Å². The number of aliphatic hydroxyl groups is 1. The number of hydrogen-bond donors (Lipinski definition) is 2. The number of fused-ring (bicyclic) bond motifs is 1. The van der Waals surface area contributed by atoms with Crippen molar-refractivity contribution in [1.29, 1.82) is 0 Å². The number of benzene rings is 1. The van der Waals surface area contributed by atoms with E-state index in [1.807, 2.05) is 43.4 Å². The number of carbonyl (C=O) groups is 1. The average molecular weight is 408 g/mol. The van der Waals surface area contributed by atoms with Crippen LogP contribution in [0.15, 0.2) is 48.7 Å². The third-order valence-corrected chi connectivity index (χ3v) is 5.83. The second-order valence-corrected chi connectivity index (χ2v) is 8.14. The first-order chi connectivity index (χ1) is 14.5. The topological polar surface area (TPSA) is 83.3 Å². The minimum Gasteiger partial charge on any atom is -0.386 e. The van der Waals surface area contributed by atoms with E-state index < -0.39 is 5.60 Å². The van der Waals surface area contributed by atoms with Crippen LogP contribution in [-0.4, -0.2) is 50.8 Å². The minimum absolute atomic E-state index is 0.0304. The van der Waals surface area contributed by atoms with Gasteiger partial charge in [0.25, 0.3) is 0 Å². The Hall–Kier alpha value is -2.93. The van der Waals surface area contributed by atoms with Crippen LogP contribution in [0.4, 0.5) is 5.82 Å². The molecule has 7 heteroatoms. The van der Waals surface area contributed by atoms with Gasteiger partial charge in [-0.25, -0.2) is 9.97 Å². The van der Waals surface area contributed by atoms with Crippen LogP contribution in [0.2, 0.25) is 0 Å². The summed E-state index contributed by atoms with van der Waals surface area (Å²) < 4.78 is 2.09. The Morgan fingerprint density at radius 1 is 1.23 bits per heavy atom. The van der Waals surface area contributed by atoms with Crippen LogP contribution in [-0.2, 0) is 18.3 Å². The Morgan fingerprint density at radius 2 is 2.07 bits per heavy atom. The molecule has 0 spiro atoms. The number of hydrogen-bond acceptors (Lipinski definition) is 5. The SMILES string of the molecule is Cn1c(CCCC(=O)NCC2(O)CCCN(c3ccccn3)C2)nc2ccccc21. The predicted octanol–water partition coefficient (Wildman–Crippen LogP) is 2.44. The van der Waals surface area contributed by atoms with Crippen molar-refractivity contribution in [3.05, 3.63) is 54.5 Å². The molecule has 158 valence electrons. The molecule has 1 atom stereocenters. The van der Waals surface area contributed by atoms with Gasteiger partial charge in [0.05, 0.1) is 16.6 Å². The lowest BCUT2D eigenvalue weighted by molar-refractivity contribution is -0.122. The van der Waals surface area contributed by atoms with Gasteiger partial charge in [-0.2, -0.15) is 0 Å². The first kappa shape index (κ1) is 20.3. The Kier molecular flexibility index (Phi) is 5.99. The standard InChI is InChI=1S/C23H29N5O2/c1-27-19-9-3-2-8-18(19)26-21(27)11-6-12-22(29)25-16-23(30)13-7-15-28(17-23)20-10-4-5-14-24-20/h2-5,8-10,14,30H,6-7,11-13,15-17H2,1H3,(H,25,29). The lowest BCUT2D eigenvalue weighted by Crippen LogP contribution is -2.54. The summed E-state index contributed by atoms with van der Waals surface area (Å²) in [5, 5.41) is 13.9. The molecular formula is C23H29N5O2. The van der Waals surface area contributed by atoms with Crippen molar-refractivity contribution < 1.29 is 9.90 Å². The summed E-state index contributed by atoms with van der Waals surface area (Å²) in [6.07, 6.45) is 5.20. The van der Waals surface area contributed by atoms with Crippen molar-refractivity contribution >= 4 is 22.8 Å². The van der Waals surface area contributed by atoms with Gasteiger partial charge in [0.2, 0.25) is 5.91 Å². The number of rotatable bonds is 7. The molecule has 4 rings (SSSR count). The first-order valence-corrected chi connectivity index (χ1v) is 10.6. The first-order valence-electron chi connectivity index (χ1n) is 10.6. The number of carbonyl (C=O) groups excluding carboxylic acids is 1. The van der Waals surface area contributed by atoms with Crippen molar-refractivity contribution in [3.8, 4) is 0 Å². The molecule has 1 fully saturated rings. The van der Waals surface area contributed by atoms with Gasteiger partial charge in [-0.15, -0.1) is 0 Å². The lowest BCUT2D eigenvalue weighted by Gasteiger charge is -2.39. The molecule has 1 unspecified atom stereocenters. The molecule has 1 amide bonds. The molecule has 30 heavy (non-hydrogen) atoms. The highest BCUT2D eigenvalue weighted by molar-refractivity contribution is 5.76. The number of imidazole rings is 1. The number of nitrogens with one attached hydrogen (secondary N) is 1. The van der Waals surface area contributed by atoms with Crippen LogP contribution in [0.25, 0.3) is 11.0 Å². The van der Waals surface area contributed by atoms with Gasteiger partial charge in [0.1, 0.15) is 11.6 Å². The minimum atomic E-state index is -0.928. The van der Waals surface area contributed by atoms with Crippen LogP contribution in [0, 0.1) is 0 Å². The maximum Gasteiger partial charge on any atom is 0.220 e. The van der Waals surface area contributed by atoms with E-state index in [0.717, 1.165) is 48.5 Å². The maximum absolute atomic E-state index is 12.4. The third-order valence-electron chi connectivity index (χ3n) is 5.83. The second-order valence-electron chi connectivity index (χ2n) is 8.14. The average Bonchev–Trinajstić information content (AvgIpc) is 3.09. The Morgan fingerprint density at radius 3 is 2.87 bits per heavy atom. The van der Waals surface area contributed by atoms with Crippen molar-refractivity contribution in [2.45, 2.75) is 37.7 Å². The van der Waals surface area contributed by atoms with E-state index in [1.165, 1.54) is 0 Å². The molecule has 1 aliphatic rings. The highest BCUT2D eigenvalue weighted by atomic mass is 16.3. The monoisotopic (exact) mass is 407 g/mol. The largest absolute Gasteiger partial charge is 0.386 e. The fourth-order valence-corrected chi connectivity index (χ4v) is 4.17. The molecule has 1 aromatic carbocycles. The normalized spacial score (nSPS) is 19.2. The zero-order valence-electron chi connectivity index (χ0n) is 17.4. The summed E-state index contributed by atoms with van der Waals surface area (Å²) in [7, 11) is 2.01. The van der Waals surface area contributed by atoms with Crippen molar-refractivity contribution in [2.75, 3.05) is 24.5 Å². The van der Waals surface area contributed by atoms with E-state index in [9.17, 15) is 9.90 Å². The molecule has 1 aliphatic heterocycles. The summed E-state index contributed by atoms with van der Waals surface area (Å²) in [4.78, 5) is 23.5. The highest BCUT2D eigenvalue weighted by Gasteiger charge is 2.34. The van der Waals surface area contributed by atoms with E-state index in [1.54, 1.807) is 6.20 Å². The smallest absolute Gasteiger partial charge is 0.220 e. The number of piperidine rings is 1. The number of aromatic nitrogens is 3. The molecule has 3 aromatic rings. The van der Waals surface area contributed by atoms with Gasteiger partial charge >= 0.3 is 0 Å². The van der Waals surface area contributed by atoms with E-state index >= 15 is 0 Å². The van der Waals surface area contributed by atoms with Gasteiger partial charge in [-0.1, -0.05) is 18.2 Å². The number of β-amino-alcohol motifs (C(OH)–C–C–N with tert-alkyl or cyclic N) is 1. The van der Waals surface area contributed by atoms with Crippen molar-refractivity contribution in [1.82, 2.24) is 19.9 Å². The zero-order valence-corrected chi connectivity index (χ0v) is 17.4. The lowest BCUT2D eigenvalue weighted by atomic mass is 9.92. The summed E-state index contributed by atoms with van der Waals surface area (Å²) >= 11 is 0. The number of para-hydroxylation sites is 2. The molecule has 0 saturated carbocycles. The number of pyridine rings is 1.